The molecule has 0 bridgehead atoms. The van der Waals surface area contributed by atoms with E-state index in [-0.39, 0.29) is 16.7 Å². The quantitative estimate of drug-likeness (QED) is 0.609. The van der Waals surface area contributed by atoms with Crippen molar-refractivity contribution in [3.05, 3.63) is 29.3 Å². The van der Waals surface area contributed by atoms with E-state index in [1.807, 2.05) is 6.07 Å². The molecule has 0 aliphatic rings. The highest BCUT2D eigenvalue weighted by atomic mass is 16.5. The smallest absolute Gasteiger partial charge is 0.258 e. The second kappa shape index (κ2) is 8.73. The maximum absolute atomic E-state index is 11.8. The predicted octanol–water partition coefficient (Wildman–Crippen LogP) is 5.48. The largest absolute Gasteiger partial charge is 0.480 e. The van der Waals surface area contributed by atoms with Gasteiger partial charge >= 0.3 is 0 Å². The van der Waals surface area contributed by atoms with Crippen molar-refractivity contribution >= 4 is 5.91 Å². The monoisotopic (exact) mass is 347 g/mol. The van der Waals surface area contributed by atoms with Crippen LogP contribution in [-0.4, -0.2) is 12.0 Å². The Kier molecular flexibility index (Phi) is 7.52. The molecule has 1 atom stereocenters. The van der Waals surface area contributed by atoms with Crippen LogP contribution < -0.4 is 10.5 Å². The Morgan fingerprint density at radius 3 is 2.16 bits per heavy atom. The van der Waals surface area contributed by atoms with Gasteiger partial charge in [0.2, 0.25) is 0 Å². The third-order valence-electron chi connectivity index (χ3n) is 5.66. The normalized spacial score (nSPS) is 13.6. The molecule has 1 amide bonds. The fourth-order valence-electron chi connectivity index (χ4n) is 2.78. The summed E-state index contributed by atoms with van der Waals surface area (Å²) in [6.45, 7) is 15.5. The van der Waals surface area contributed by atoms with Gasteiger partial charge in [-0.3, -0.25) is 4.79 Å². The van der Waals surface area contributed by atoms with Gasteiger partial charge in [-0.05, 0) is 48.1 Å². The zero-order valence-corrected chi connectivity index (χ0v) is 17.2. The van der Waals surface area contributed by atoms with Gasteiger partial charge in [0.25, 0.3) is 5.91 Å². The van der Waals surface area contributed by atoms with Crippen LogP contribution in [0.15, 0.2) is 18.2 Å². The molecule has 0 fully saturated rings. The first-order chi connectivity index (χ1) is 11.6. The molecule has 0 spiro atoms. The van der Waals surface area contributed by atoms with Crippen LogP contribution in [0.2, 0.25) is 0 Å². The van der Waals surface area contributed by atoms with Crippen molar-refractivity contribution in [2.24, 2.45) is 5.73 Å². The van der Waals surface area contributed by atoms with Crippen molar-refractivity contribution in [2.45, 2.75) is 97.5 Å². The molecule has 1 aromatic carbocycles. The highest BCUT2D eigenvalue weighted by Gasteiger charge is 2.28. The number of unbranched alkanes of at least 4 members (excludes halogenated alkanes) is 1. The van der Waals surface area contributed by atoms with E-state index >= 15 is 0 Å². The summed E-state index contributed by atoms with van der Waals surface area (Å²) in [7, 11) is 0. The number of amides is 1. The second-order valence-electron chi connectivity index (χ2n) is 8.34. The Morgan fingerprint density at radius 2 is 1.68 bits per heavy atom. The van der Waals surface area contributed by atoms with Crippen LogP contribution in [0.4, 0.5) is 0 Å². The summed E-state index contributed by atoms with van der Waals surface area (Å²) in [5.74, 6) is 0.411. The molecule has 3 heteroatoms. The third-order valence-corrected chi connectivity index (χ3v) is 5.66. The van der Waals surface area contributed by atoms with E-state index in [2.05, 4.69) is 60.6 Å². The van der Waals surface area contributed by atoms with E-state index < -0.39 is 6.10 Å². The van der Waals surface area contributed by atoms with E-state index in [9.17, 15) is 4.79 Å². The summed E-state index contributed by atoms with van der Waals surface area (Å²) in [4.78, 5) is 11.8. The van der Waals surface area contributed by atoms with Crippen LogP contribution in [-0.2, 0) is 15.6 Å². The maximum atomic E-state index is 11.8. The van der Waals surface area contributed by atoms with Crippen LogP contribution in [0.25, 0.3) is 0 Å². The number of rotatable bonds is 10. The molecular weight excluding hydrogens is 310 g/mol. The summed E-state index contributed by atoms with van der Waals surface area (Å²) in [6.07, 6.45) is 4.12. The molecule has 0 saturated heterocycles. The molecule has 1 aromatic rings. The average molecular weight is 348 g/mol. The van der Waals surface area contributed by atoms with Crippen LogP contribution in [0, 0.1) is 0 Å². The minimum Gasteiger partial charge on any atom is -0.480 e. The SMILES string of the molecule is CCCCC(Oc1ccc(C(C)(C)CC)cc1C(C)(C)CC)C(N)=O. The molecule has 0 saturated carbocycles. The van der Waals surface area contributed by atoms with E-state index in [0.29, 0.717) is 6.42 Å². The van der Waals surface area contributed by atoms with Crippen molar-refractivity contribution < 1.29 is 9.53 Å². The highest BCUT2D eigenvalue weighted by molar-refractivity contribution is 5.79. The van der Waals surface area contributed by atoms with Gasteiger partial charge in [0.15, 0.2) is 6.10 Å². The minimum atomic E-state index is -0.559. The highest BCUT2D eigenvalue weighted by Crippen LogP contribution is 2.39. The fourth-order valence-corrected chi connectivity index (χ4v) is 2.78. The molecule has 0 aromatic heterocycles. The van der Waals surface area contributed by atoms with Gasteiger partial charge in [-0.25, -0.2) is 0 Å². The number of carbonyl (C=O) groups excluding carboxylic acids is 1. The van der Waals surface area contributed by atoms with Crippen LogP contribution in [0.5, 0.6) is 5.75 Å². The number of hydrogen-bond donors (Lipinski definition) is 1. The number of primary amides is 1. The average Bonchev–Trinajstić information content (AvgIpc) is 2.58. The molecular formula is C22H37NO2. The molecule has 142 valence electrons. The van der Waals surface area contributed by atoms with Gasteiger partial charge in [-0.1, -0.05) is 67.0 Å². The Morgan fingerprint density at radius 1 is 1.08 bits per heavy atom. The maximum Gasteiger partial charge on any atom is 0.258 e. The topological polar surface area (TPSA) is 52.3 Å². The fraction of sp³-hybridized carbons (Fsp3) is 0.682. The van der Waals surface area contributed by atoms with E-state index in [1.165, 1.54) is 5.56 Å². The van der Waals surface area contributed by atoms with Crippen molar-refractivity contribution in [1.82, 2.24) is 0 Å². The minimum absolute atomic E-state index is 0.0257. The first-order valence-electron chi connectivity index (χ1n) is 9.70. The molecule has 0 aliphatic heterocycles. The van der Waals surface area contributed by atoms with Crippen molar-refractivity contribution in [3.8, 4) is 5.75 Å². The first kappa shape index (κ1) is 21.5. The summed E-state index contributed by atoms with van der Waals surface area (Å²) in [5, 5.41) is 0. The zero-order chi connectivity index (χ0) is 19.3. The van der Waals surface area contributed by atoms with Crippen LogP contribution >= 0.6 is 0 Å². The van der Waals surface area contributed by atoms with Crippen molar-refractivity contribution in [2.75, 3.05) is 0 Å². The number of carbonyl (C=O) groups is 1. The summed E-state index contributed by atoms with van der Waals surface area (Å²) in [6, 6.07) is 6.42. The third kappa shape index (κ3) is 5.49. The summed E-state index contributed by atoms with van der Waals surface area (Å²) in [5.41, 5.74) is 8.13. The summed E-state index contributed by atoms with van der Waals surface area (Å²) >= 11 is 0. The second-order valence-corrected chi connectivity index (χ2v) is 8.34. The van der Waals surface area contributed by atoms with Crippen LogP contribution in [0.1, 0.15) is 91.7 Å². The molecule has 0 heterocycles. The lowest BCUT2D eigenvalue weighted by atomic mass is 9.76. The lowest BCUT2D eigenvalue weighted by Gasteiger charge is -2.31. The van der Waals surface area contributed by atoms with Gasteiger partial charge in [-0.2, -0.15) is 0 Å². The molecule has 3 nitrogen and oxygen atoms in total. The Labute approximate surface area is 154 Å². The van der Waals surface area contributed by atoms with Crippen LogP contribution in [0.3, 0.4) is 0 Å². The zero-order valence-electron chi connectivity index (χ0n) is 17.2. The van der Waals surface area contributed by atoms with Gasteiger partial charge in [0.1, 0.15) is 5.75 Å². The Bertz CT molecular complexity index is 575. The molecule has 25 heavy (non-hydrogen) atoms. The van der Waals surface area contributed by atoms with E-state index in [4.69, 9.17) is 10.5 Å². The Balaban J connectivity index is 3.32. The van der Waals surface area contributed by atoms with Crippen molar-refractivity contribution in [1.29, 1.82) is 0 Å². The number of hydrogen-bond acceptors (Lipinski definition) is 2. The van der Waals surface area contributed by atoms with Gasteiger partial charge in [0.05, 0.1) is 0 Å². The number of ether oxygens (including phenoxy) is 1. The van der Waals surface area contributed by atoms with Gasteiger partial charge < -0.3 is 10.5 Å². The predicted molar refractivity (Wildman–Crippen MR) is 106 cm³/mol. The van der Waals surface area contributed by atoms with Gasteiger partial charge in [-0.15, -0.1) is 0 Å². The molecule has 2 N–H and O–H groups in total. The molecule has 1 rings (SSSR count). The molecule has 0 aliphatic carbocycles. The molecule has 0 radical (unpaired) electrons. The molecule has 1 unspecified atom stereocenters. The lowest BCUT2D eigenvalue weighted by Crippen LogP contribution is -2.34. The lowest BCUT2D eigenvalue weighted by molar-refractivity contribution is -0.125. The van der Waals surface area contributed by atoms with E-state index in [0.717, 1.165) is 37.0 Å². The van der Waals surface area contributed by atoms with E-state index in [1.54, 1.807) is 0 Å². The van der Waals surface area contributed by atoms with Gasteiger partial charge in [0, 0.05) is 5.56 Å². The Hall–Kier alpha value is -1.51. The summed E-state index contributed by atoms with van der Waals surface area (Å²) < 4.78 is 6.12. The number of benzene rings is 1. The van der Waals surface area contributed by atoms with Crippen molar-refractivity contribution in [3.63, 3.8) is 0 Å². The first-order valence-corrected chi connectivity index (χ1v) is 9.70. The standard InChI is InChI=1S/C22H37NO2/c1-8-11-12-19(20(23)24)25-18-14-13-16(21(4,5)9-2)15-17(18)22(6,7)10-3/h13-15,19H,8-12H2,1-7H3,(H2,23,24). The number of nitrogens with two attached hydrogens (primary N) is 1.